The van der Waals surface area contributed by atoms with Crippen LogP contribution in [0.5, 0.6) is 0 Å². The lowest BCUT2D eigenvalue weighted by molar-refractivity contribution is -0.145. The first-order valence-electron chi connectivity index (χ1n) is 7.33. The smallest absolute Gasteiger partial charge is 0.230 e. The van der Waals surface area contributed by atoms with E-state index in [1.807, 2.05) is 32.9 Å². The number of carbonyl (C=O) groups is 1. The molecule has 4 heteroatoms. The van der Waals surface area contributed by atoms with Crippen molar-refractivity contribution in [2.75, 3.05) is 6.54 Å². The van der Waals surface area contributed by atoms with Crippen LogP contribution in [0.2, 0.25) is 0 Å². The van der Waals surface area contributed by atoms with E-state index in [1.54, 1.807) is 17.0 Å². The zero-order chi connectivity index (χ0) is 15.6. The van der Waals surface area contributed by atoms with Gasteiger partial charge in [-0.05, 0) is 18.6 Å². The van der Waals surface area contributed by atoms with Gasteiger partial charge >= 0.3 is 0 Å². The lowest BCUT2D eigenvalue weighted by atomic mass is 9.94. The summed E-state index contributed by atoms with van der Waals surface area (Å²) < 4.78 is 6.02. The molecule has 2 atom stereocenters. The third kappa shape index (κ3) is 3.25. The minimum absolute atomic E-state index is 0.0482. The highest BCUT2D eigenvalue weighted by atomic mass is 16.5. The monoisotopic (exact) mass is 286 g/mol. The molecule has 21 heavy (non-hydrogen) atoms. The van der Waals surface area contributed by atoms with Gasteiger partial charge in [0.1, 0.15) is 0 Å². The molecule has 1 amide bonds. The molecule has 1 heterocycles. The van der Waals surface area contributed by atoms with Gasteiger partial charge in [-0.15, -0.1) is 0 Å². The van der Waals surface area contributed by atoms with E-state index in [2.05, 4.69) is 13.0 Å². The first-order valence-corrected chi connectivity index (χ1v) is 7.33. The van der Waals surface area contributed by atoms with Crippen LogP contribution >= 0.6 is 0 Å². The molecule has 1 aromatic carbocycles. The highest BCUT2D eigenvalue weighted by molar-refractivity contribution is 5.82. The maximum absolute atomic E-state index is 12.6. The summed E-state index contributed by atoms with van der Waals surface area (Å²) in [5.74, 6) is 0.0748. The number of hydrogen-bond donors (Lipinski definition) is 0. The van der Waals surface area contributed by atoms with Gasteiger partial charge in [0.2, 0.25) is 5.91 Å². The van der Waals surface area contributed by atoms with E-state index in [9.17, 15) is 4.79 Å². The van der Waals surface area contributed by atoms with Gasteiger partial charge < -0.3 is 9.64 Å². The number of rotatable bonds is 2. The molecule has 1 fully saturated rings. The van der Waals surface area contributed by atoms with E-state index < -0.39 is 11.6 Å². The number of amides is 1. The van der Waals surface area contributed by atoms with Crippen molar-refractivity contribution in [3.8, 4) is 6.07 Å². The minimum atomic E-state index is -0.447. The minimum Gasteiger partial charge on any atom is -0.349 e. The Bertz CT molecular complexity index is 569. The molecular weight excluding hydrogens is 264 g/mol. The predicted molar refractivity (Wildman–Crippen MR) is 80.2 cm³/mol. The van der Waals surface area contributed by atoms with Crippen molar-refractivity contribution < 1.29 is 9.53 Å². The van der Waals surface area contributed by atoms with Gasteiger partial charge in [0.15, 0.2) is 6.23 Å². The second-order valence-corrected chi connectivity index (χ2v) is 6.46. The molecule has 112 valence electrons. The molecule has 0 spiro atoms. The van der Waals surface area contributed by atoms with Gasteiger partial charge in [-0.25, -0.2) is 0 Å². The second-order valence-electron chi connectivity index (χ2n) is 6.46. The fourth-order valence-electron chi connectivity index (χ4n) is 2.48. The van der Waals surface area contributed by atoms with Gasteiger partial charge in [-0.3, -0.25) is 4.79 Å². The largest absolute Gasteiger partial charge is 0.349 e. The highest BCUT2D eigenvalue weighted by Gasteiger charge is 2.40. The summed E-state index contributed by atoms with van der Waals surface area (Å²) in [6.45, 7) is 8.40. The Kier molecular flexibility index (Phi) is 4.34. The summed E-state index contributed by atoms with van der Waals surface area (Å²) >= 11 is 0. The van der Waals surface area contributed by atoms with Gasteiger partial charge in [0, 0.05) is 17.5 Å². The molecule has 0 bridgehead atoms. The first kappa shape index (κ1) is 15.5. The van der Waals surface area contributed by atoms with Crippen LogP contribution in [0, 0.1) is 16.7 Å². The number of ether oxygens (including phenoxy) is 1. The third-order valence-corrected chi connectivity index (χ3v) is 3.66. The Labute approximate surface area is 126 Å². The molecule has 1 aromatic rings. The van der Waals surface area contributed by atoms with E-state index in [4.69, 9.17) is 10.00 Å². The van der Waals surface area contributed by atoms with Crippen LogP contribution in [0.15, 0.2) is 24.3 Å². The molecule has 0 radical (unpaired) electrons. The normalized spacial score (nSPS) is 22.1. The lowest BCUT2D eigenvalue weighted by Gasteiger charge is -2.29. The number of nitriles is 1. The van der Waals surface area contributed by atoms with E-state index in [1.165, 1.54) is 0 Å². The molecule has 2 rings (SSSR count). The van der Waals surface area contributed by atoms with Crippen LogP contribution < -0.4 is 0 Å². The predicted octanol–water partition coefficient (Wildman–Crippen LogP) is 3.24. The molecule has 0 saturated carbocycles. The van der Waals surface area contributed by atoms with Crippen molar-refractivity contribution in [2.45, 2.75) is 46.4 Å². The Balaban J connectivity index is 2.34. The summed E-state index contributed by atoms with van der Waals surface area (Å²) in [6.07, 6.45) is 0.518. The first-order chi connectivity index (χ1) is 9.86. The van der Waals surface area contributed by atoms with Crippen molar-refractivity contribution in [3.63, 3.8) is 0 Å². The molecule has 0 N–H and O–H groups in total. The maximum atomic E-state index is 12.6. The van der Waals surface area contributed by atoms with E-state index in [-0.39, 0.29) is 12.0 Å². The van der Waals surface area contributed by atoms with Crippen LogP contribution in [0.3, 0.4) is 0 Å². The molecular formula is C17H22N2O2. The summed E-state index contributed by atoms with van der Waals surface area (Å²) in [4.78, 5) is 14.4. The Hall–Kier alpha value is -1.86. The SMILES string of the molecule is CCC1CN(C(=O)C(C)(C)C)C(c2cccc(C#N)c2)O1. The number of nitrogens with zero attached hydrogens (tertiary/aromatic N) is 2. The third-order valence-electron chi connectivity index (χ3n) is 3.66. The Morgan fingerprint density at radius 1 is 1.48 bits per heavy atom. The van der Waals surface area contributed by atoms with E-state index in [0.29, 0.717) is 12.1 Å². The number of carbonyl (C=O) groups excluding carboxylic acids is 1. The summed E-state index contributed by atoms with van der Waals surface area (Å²) in [5.41, 5.74) is 0.999. The Morgan fingerprint density at radius 2 is 2.19 bits per heavy atom. The quantitative estimate of drug-likeness (QED) is 0.838. The zero-order valence-electron chi connectivity index (χ0n) is 13.1. The highest BCUT2D eigenvalue weighted by Crippen LogP contribution is 2.35. The van der Waals surface area contributed by atoms with Gasteiger partial charge in [0.25, 0.3) is 0 Å². The second kappa shape index (κ2) is 5.87. The fraction of sp³-hybridized carbons (Fsp3) is 0.529. The van der Waals surface area contributed by atoms with E-state index >= 15 is 0 Å². The lowest BCUT2D eigenvalue weighted by Crippen LogP contribution is -2.39. The molecule has 0 aliphatic carbocycles. The number of benzene rings is 1. The van der Waals surface area contributed by atoms with Crippen LogP contribution in [0.25, 0.3) is 0 Å². The van der Waals surface area contributed by atoms with Crippen LogP contribution in [0.4, 0.5) is 0 Å². The number of hydrogen-bond acceptors (Lipinski definition) is 3. The molecule has 1 aliphatic heterocycles. The van der Waals surface area contributed by atoms with Crippen molar-refractivity contribution in [2.24, 2.45) is 5.41 Å². The zero-order valence-corrected chi connectivity index (χ0v) is 13.1. The molecule has 1 aliphatic rings. The van der Waals surface area contributed by atoms with Gasteiger partial charge in [0.05, 0.1) is 17.7 Å². The average molecular weight is 286 g/mol. The van der Waals surface area contributed by atoms with Crippen molar-refractivity contribution in [1.82, 2.24) is 4.90 Å². The molecule has 1 saturated heterocycles. The topological polar surface area (TPSA) is 53.3 Å². The van der Waals surface area contributed by atoms with E-state index in [0.717, 1.165) is 12.0 Å². The molecule has 0 aromatic heterocycles. The van der Waals surface area contributed by atoms with Crippen LogP contribution in [-0.4, -0.2) is 23.5 Å². The van der Waals surface area contributed by atoms with Crippen LogP contribution in [0.1, 0.15) is 51.5 Å². The standard InChI is InChI=1S/C17H22N2O2/c1-5-14-11-19(16(20)17(2,3)4)15(21-14)13-8-6-7-12(9-13)10-18/h6-9,14-15H,5,11H2,1-4H3. The molecule has 2 unspecified atom stereocenters. The van der Waals surface area contributed by atoms with Crippen molar-refractivity contribution in [3.05, 3.63) is 35.4 Å². The average Bonchev–Trinajstić information content (AvgIpc) is 2.89. The fourth-order valence-corrected chi connectivity index (χ4v) is 2.48. The van der Waals surface area contributed by atoms with Crippen molar-refractivity contribution in [1.29, 1.82) is 5.26 Å². The van der Waals surface area contributed by atoms with Crippen LogP contribution in [-0.2, 0) is 9.53 Å². The summed E-state index contributed by atoms with van der Waals surface area (Å²) in [5, 5.41) is 9.04. The molecule has 4 nitrogen and oxygen atoms in total. The van der Waals surface area contributed by atoms with Gasteiger partial charge in [-0.1, -0.05) is 39.8 Å². The maximum Gasteiger partial charge on any atom is 0.230 e. The van der Waals surface area contributed by atoms with Crippen molar-refractivity contribution >= 4 is 5.91 Å². The Morgan fingerprint density at radius 3 is 2.76 bits per heavy atom. The summed E-state index contributed by atoms with van der Waals surface area (Å²) in [6, 6.07) is 9.42. The van der Waals surface area contributed by atoms with Gasteiger partial charge in [-0.2, -0.15) is 5.26 Å². The summed E-state index contributed by atoms with van der Waals surface area (Å²) in [7, 11) is 0.